The van der Waals surface area contributed by atoms with Crippen LogP contribution in [-0.4, -0.2) is 5.33 Å². The summed E-state index contributed by atoms with van der Waals surface area (Å²) in [5.41, 5.74) is 2.60. The molecule has 0 amide bonds. The fourth-order valence-electron chi connectivity index (χ4n) is 1.52. The normalized spacial score (nSPS) is 11.8. The molecule has 0 nitrogen and oxygen atoms in total. The average molecular weight is 372 g/mol. The minimum atomic E-state index is 0.926. The van der Waals surface area contributed by atoms with Crippen LogP contribution in [0.3, 0.4) is 0 Å². The molecule has 17 heavy (non-hydrogen) atoms. The van der Waals surface area contributed by atoms with E-state index in [1.807, 2.05) is 17.4 Å². The topological polar surface area (TPSA) is 0 Å². The van der Waals surface area contributed by atoms with Crippen molar-refractivity contribution in [3.63, 3.8) is 0 Å². The van der Waals surface area contributed by atoms with Crippen molar-refractivity contribution in [1.82, 2.24) is 0 Å². The van der Waals surface area contributed by atoms with Crippen molar-refractivity contribution in [1.29, 1.82) is 0 Å². The van der Waals surface area contributed by atoms with Gasteiger partial charge in [0.1, 0.15) is 0 Å². The molecule has 1 heterocycles. The van der Waals surface area contributed by atoms with Crippen molar-refractivity contribution in [2.75, 3.05) is 5.33 Å². The Morgan fingerprint density at radius 2 is 2.00 bits per heavy atom. The molecule has 2 rings (SSSR count). The first-order valence-corrected chi connectivity index (χ1v) is 8.01. The number of halogens is 2. The van der Waals surface area contributed by atoms with E-state index in [0.717, 1.165) is 9.80 Å². The molecule has 0 aliphatic carbocycles. The Hall–Kier alpha value is -0.380. The first kappa shape index (κ1) is 13.1. The van der Waals surface area contributed by atoms with Crippen molar-refractivity contribution in [2.24, 2.45) is 0 Å². The van der Waals surface area contributed by atoms with E-state index in [4.69, 9.17) is 0 Å². The van der Waals surface area contributed by atoms with Crippen LogP contribution in [0.1, 0.15) is 11.8 Å². The molecule has 0 radical (unpaired) electrons. The van der Waals surface area contributed by atoms with Crippen LogP contribution in [0.25, 0.3) is 16.5 Å². The van der Waals surface area contributed by atoms with Gasteiger partial charge < -0.3 is 0 Å². The fraction of sp³-hybridized carbons (Fsp3) is 0.143. The van der Waals surface area contributed by atoms with E-state index in [1.54, 1.807) is 0 Å². The number of rotatable bonds is 3. The maximum Gasteiger partial charge on any atom is 0.0360 e. The summed E-state index contributed by atoms with van der Waals surface area (Å²) in [4.78, 5) is 2.60. The van der Waals surface area contributed by atoms with Crippen LogP contribution >= 0.6 is 43.2 Å². The summed E-state index contributed by atoms with van der Waals surface area (Å²) >= 11 is 8.87. The molecule has 0 aliphatic heterocycles. The Morgan fingerprint density at radius 1 is 1.24 bits per heavy atom. The van der Waals surface area contributed by atoms with E-state index in [9.17, 15) is 0 Å². The molecule has 0 saturated carbocycles. The first-order valence-electron chi connectivity index (χ1n) is 5.28. The second-order valence-electron chi connectivity index (χ2n) is 3.81. The highest BCUT2D eigenvalue weighted by molar-refractivity contribution is 9.10. The maximum absolute atomic E-state index is 3.59. The molecule has 1 aromatic carbocycles. The Balaban J connectivity index is 2.34. The third-order valence-electron chi connectivity index (χ3n) is 2.37. The number of thiophene rings is 1. The lowest BCUT2D eigenvalue weighted by atomic mass is 10.2. The Kier molecular flexibility index (Phi) is 4.60. The summed E-state index contributed by atoms with van der Waals surface area (Å²) in [5, 5.41) is 0.926. The van der Waals surface area contributed by atoms with Crippen LogP contribution in [0.5, 0.6) is 0 Å². The van der Waals surface area contributed by atoms with E-state index < -0.39 is 0 Å². The highest BCUT2D eigenvalue weighted by atomic mass is 79.9. The van der Waals surface area contributed by atoms with Crippen LogP contribution < -0.4 is 0 Å². The van der Waals surface area contributed by atoms with Crippen molar-refractivity contribution < 1.29 is 0 Å². The molecule has 2 aromatic rings. The summed E-state index contributed by atoms with van der Waals surface area (Å²) in [7, 11) is 0. The molecule has 0 atom stereocenters. The van der Waals surface area contributed by atoms with E-state index in [1.165, 1.54) is 20.9 Å². The van der Waals surface area contributed by atoms with Gasteiger partial charge in [0.25, 0.3) is 0 Å². The zero-order valence-corrected chi connectivity index (χ0v) is 13.4. The first-order chi connectivity index (χ1) is 8.20. The van der Waals surface area contributed by atoms with Crippen LogP contribution in [0.2, 0.25) is 0 Å². The Labute approximate surface area is 123 Å². The quantitative estimate of drug-likeness (QED) is 0.582. The highest BCUT2D eigenvalue weighted by Crippen LogP contribution is 2.34. The van der Waals surface area contributed by atoms with Gasteiger partial charge in [0.2, 0.25) is 0 Å². The standard InChI is InChI=1S/C14H12Br2S/c1-10(9-15)8-11-6-7-14(17-11)12-4-2-3-5-13(12)16/h2-8H,9H2,1H3. The van der Waals surface area contributed by atoms with Crippen LogP contribution in [0.15, 0.2) is 46.4 Å². The molecule has 1 aromatic heterocycles. The number of hydrogen-bond donors (Lipinski definition) is 0. The predicted molar refractivity (Wildman–Crippen MR) is 84.9 cm³/mol. The zero-order chi connectivity index (χ0) is 12.3. The lowest BCUT2D eigenvalue weighted by molar-refractivity contribution is 1.46. The molecule has 0 saturated heterocycles. The third kappa shape index (κ3) is 3.30. The Morgan fingerprint density at radius 3 is 2.71 bits per heavy atom. The Bertz CT molecular complexity index is 541. The molecule has 0 aliphatic rings. The average Bonchev–Trinajstić information content (AvgIpc) is 2.78. The third-order valence-corrected chi connectivity index (χ3v) is 5.01. The molecule has 88 valence electrons. The number of alkyl halides is 1. The SMILES string of the molecule is CC(=Cc1ccc(-c2ccccc2Br)s1)CBr. The summed E-state index contributed by atoms with van der Waals surface area (Å²) in [6.45, 7) is 2.13. The second kappa shape index (κ2) is 5.98. The number of allylic oxidation sites excluding steroid dienone is 1. The van der Waals surface area contributed by atoms with Crippen molar-refractivity contribution in [3.8, 4) is 10.4 Å². The molecular weight excluding hydrogens is 360 g/mol. The molecule has 0 spiro atoms. The summed E-state index contributed by atoms with van der Waals surface area (Å²) in [6, 6.07) is 12.7. The summed E-state index contributed by atoms with van der Waals surface area (Å²) in [5.74, 6) is 0. The van der Waals surface area contributed by atoms with Gasteiger partial charge in [-0.15, -0.1) is 11.3 Å². The van der Waals surface area contributed by atoms with Gasteiger partial charge in [0.15, 0.2) is 0 Å². The largest absolute Gasteiger partial charge is 0.136 e. The smallest absolute Gasteiger partial charge is 0.0360 e. The van der Waals surface area contributed by atoms with Gasteiger partial charge in [0, 0.05) is 25.1 Å². The molecule has 3 heteroatoms. The summed E-state index contributed by atoms with van der Waals surface area (Å²) in [6.07, 6.45) is 2.22. The molecule has 0 fully saturated rings. The van der Waals surface area contributed by atoms with Gasteiger partial charge >= 0.3 is 0 Å². The second-order valence-corrected chi connectivity index (χ2v) is 6.34. The van der Waals surface area contributed by atoms with Crippen LogP contribution in [-0.2, 0) is 0 Å². The van der Waals surface area contributed by atoms with E-state index in [0.29, 0.717) is 0 Å². The maximum atomic E-state index is 3.59. The monoisotopic (exact) mass is 370 g/mol. The highest BCUT2D eigenvalue weighted by Gasteiger charge is 2.04. The van der Waals surface area contributed by atoms with Crippen molar-refractivity contribution in [3.05, 3.63) is 51.3 Å². The minimum absolute atomic E-state index is 0.926. The minimum Gasteiger partial charge on any atom is -0.136 e. The van der Waals surface area contributed by atoms with Gasteiger partial charge in [-0.2, -0.15) is 0 Å². The fourth-order valence-corrected chi connectivity index (χ4v) is 3.38. The zero-order valence-electron chi connectivity index (χ0n) is 9.41. The number of benzene rings is 1. The van der Waals surface area contributed by atoms with Gasteiger partial charge in [-0.3, -0.25) is 0 Å². The molecule has 0 N–H and O–H groups in total. The van der Waals surface area contributed by atoms with E-state index in [2.05, 4.69) is 75.2 Å². The van der Waals surface area contributed by atoms with Gasteiger partial charge in [-0.25, -0.2) is 0 Å². The van der Waals surface area contributed by atoms with Crippen LogP contribution in [0, 0.1) is 0 Å². The van der Waals surface area contributed by atoms with Crippen molar-refractivity contribution in [2.45, 2.75) is 6.92 Å². The number of hydrogen-bond acceptors (Lipinski definition) is 1. The van der Waals surface area contributed by atoms with Gasteiger partial charge in [0.05, 0.1) is 0 Å². The van der Waals surface area contributed by atoms with Gasteiger partial charge in [-0.05, 0) is 31.2 Å². The molecule has 0 unspecified atom stereocenters. The van der Waals surface area contributed by atoms with E-state index >= 15 is 0 Å². The van der Waals surface area contributed by atoms with Crippen molar-refractivity contribution >= 4 is 49.3 Å². The van der Waals surface area contributed by atoms with Crippen LogP contribution in [0.4, 0.5) is 0 Å². The van der Waals surface area contributed by atoms with E-state index in [-0.39, 0.29) is 0 Å². The lowest BCUT2D eigenvalue weighted by Gasteiger charge is -1.99. The molecule has 0 bridgehead atoms. The predicted octanol–water partition coefficient (Wildman–Crippen LogP) is 5.98. The summed E-state index contributed by atoms with van der Waals surface area (Å²) < 4.78 is 1.15. The lowest BCUT2D eigenvalue weighted by Crippen LogP contribution is -1.73. The van der Waals surface area contributed by atoms with Gasteiger partial charge in [-0.1, -0.05) is 55.6 Å². The molecular formula is C14H12Br2S.